The number of carbonyl (C=O) groups excluding carboxylic acids is 1. The summed E-state index contributed by atoms with van der Waals surface area (Å²) in [6.07, 6.45) is 4.67. The third-order valence-electron chi connectivity index (χ3n) is 3.13. The van der Waals surface area contributed by atoms with Gasteiger partial charge in [0.2, 0.25) is 0 Å². The second-order valence-corrected chi connectivity index (χ2v) is 5.85. The Labute approximate surface area is 107 Å². The van der Waals surface area contributed by atoms with Crippen LogP contribution in [-0.2, 0) is 0 Å². The Morgan fingerprint density at radius 1 is 1.53 bits per heavy atom. The van der Waals surface area contributed by atoms with E-state index in [0.29, 0.717) is 5.92 Å². The molecule has 0 bridgehead atoms. The van der Waals surface area contributed by atoms with E-state index in [1.807, 2.05) is 18.9 Å². The lowest BCUT2D eigenvalue weighted by Crippen LogP contribution is -2.27. The molecular formula is C13H20N2OS. The fraction of sp³-hybridized carbons (Fsp3) is 0.692. The first-order chi connectivity index (χ1) is 8.13. The molecule has 0 radical (unpaired) electrons. The molecule has 0 unspecified atom stereocenters. The summed E-state index contributed by atoms with van der Waals surface area (Å²) in [7, 11) is 1.88. The summed E-state index contributed by atoms with van der Waals surface area (Å²) in [6, 6.07) is 0. The van der Waals surface area contributed by atoms with Gasteiger partial charge in [0, 0.05) is 19.5 Å². The Morgan fingerprint density at radius 2 is 2.24 bits per heavy atom. The third kappa shape index (κ3) is 2.86. The molecule has 1 fully saturated rings. The zero-order valence-electron chi connectivity index (χ0n) is 10.8. The topological polar surface area (TPSA) is 33.2 Å². The molecule has 4 heteroatoms. The lowest BCUT2D eigenvalue weighted by atomic mass is 10.3. The van der Waals surface area contributed by atoms with Crippen LogP contribution in [0.2, 0.25) is 0 Å². The van der Waals surface area contributed by atoms with Gasteiger partial charge in [-0.2, -0.15) is 0 Å². The summed E-state index contributed by atoms with van der Waals surface area (Å²) in [5.74, 6) is 0.779. The Morgan fingerprint density at radius 3 is 2.82 bits per heavy atom. The molecule has 0 saturated heterocycles. The van der Waals surface area contributed by atoms with Crippen LogP contribution in [0.5, 0.6) is 0 Å². The van der Waals surface area contributed by atoms with Gasteiger partial charge in [-0.3, -0.25) is 4.79 Å². The van der Waals surface area contributed by atoms with Crippen LogP contribution in [0, 0.1) is 6.92 Å². The molecule has 0 aromatic carbocycles. The van der Waals surface area contributed by atoms with Crippen molar-refractivity contribution in [2.75, 3.05) is 13.6 Å². The Bertz CT molecular complexity index is 410. The Hall–Kier alpha value is -0.900. The van der Waals surface area contributed by atoms with Crippen LogP contribution in [0.25, 0.3) is 0 Å². The van der Waals surface area contributed by atoms with Crippen LogP contribution in [0.4, 0.5) is 0 Å². The van der Waals surface area contributed by atoms with Crippen molar-refractivity contribution >= 4 is 17.2 Å². The van der Waals surface area contributed by atoms with Crippen LogP contribution in [0.15, 0.2) is 0 Å². The standard InChI is InChI=1S/C13H20N2OS/c1-4-5-8-15(3)13(16)11-9(2)14-12(17-11)10-6-7-10/h10H,4-8H2,1-3H3. The normalized spacial score (nSPS) is 15.0. The van der Waals surface area contributed by atoms with Crippen molar-refractivity contribution in [3.63, 3.8) is 0 Å². The highest BCUT2D eigenvalue weighted by Crippen LogP contribution is 2.42. The van der Waals surface area contributed by atoms with E-state index in [2.05, 4.69) is 11.9 Å². The first-order valence-corrected chi connectivity index (χ1v) is 7.18. The van der Waals surface area contributed by atoms with Gasteiger partial charge in [-0.15, -0.1) is 11.3 Å². The maximum Gasteiger partial charge on any atom is 0.265 e. The first-order valence-electron chi connectivity index (χ1n) is 6.36. The van der Waals surface area contributed by atoms with Crippen molar-refractivity contribution in [3.05, 3.63) is 15.6 Å². The number of rotatable bonds is 5. The van der Waals surface area contributed by atoms with Crippen molar-refractivity contribution in [1.82, 2.24) is 9.88 Å². The highest BCUT2D eigenvalue weighted by molar-refractivity contribution is 7.13. The maximum atomic E-state index is 12.2. The summed E-state index contributed by atoms with van der Waals surface area (Å²) in [5.41, 5.74) is 0.908. The van der Waals surface area contributed by atoms with E-state index in [1.54, 1.807) is 11.3 Å². The van der Waals surface area contributed by atoms with E-state index in [4.69, 9.17) is 0 Å². The molecule has 0 spiro atoms. The minimum absolute atomic E-state index is 0.139. The molecule has 1 aliphatic rings. The number of nitrogens with zero attached hydrogens (tertiary/aromatic N) is 2. The van der Waals surface area contributed by atoms with E-state index in [1.165, 1.54) is 12.8 Å². The fourth-order valence-electron chi connectivity index (χ4n) is 1.79. The molecule has 0 atom stereocenters. The second kappa shape index (κ2) is 5.17. The number of carbonyl (C=O) groups is 1. The summed E-state index contributed by atoms with van der Waals surface area (Å²) >= 11 is 1.60. The SMILES string of the molecule is CCCCN(C)C(=O)c1sc(C2CC2)nc1C. The maximum absolute atomic E-state index is 12.2. The number of amides is 1. The molecule has 3 nitrogen and oxygen atoms in total. The van der Waals surface area contributed by atoms with Gasteiger partial charge in [0.25, 0.3) is 5.91 Å². The molecule has 1 amide bonds. The van der Waals surface area contributed by atoms with Crippen LogP contribution in [-0.4, -0.2) is 29.4 Å². The molecule has 0 aliphatic heterocycles. The molecule has 94 valence electrons. The predicted molar refractivity (Wildman–Crippen MR) is 70.7 cm³/mol. The number of aryl methyl sites for hydroxylation is 1. The van der Waals surface area contributed by atoms with Crippen LogP contribution in [0.1, 0.15) is 58.9 Å². The lowest BCUT2D eigenvalue weighted by molar-refractivity contribution is 0.0797. The van der Waals surface area contributed by atoms with Gasteiger partial charge in [0.1, 0.15) is 4.88 Å². The van der Waals surface area contributed by atoms with Crippen LogP contribution in [0.3, 0.4) is 0 Å². The number of hydrogen-bond acceptors (Lipinski definition) is 3. The summed E-state index contributed by atoms with van der Waals surface area (Å²) < 4.78 is 0. The monoisotopic (exact) mass is 252 g/mol. The minimum atomic E-state index is 0.139. The molecule has 1 aromatic heterocycles. The largest absolute Gasteiger partial charge is 0.341 e. The number of thiazole rings is 1. The molecule has 17 heavy (non-hydrogen) atoms. The number of aromatic nitrogens is 1. The van der Waals surface area contributed by atoms with Crippen molar-refractivity contribution in [1.29, 1.82) is 0 Å². The highest BCUT2D eigenvalue weighted by Gasteiger charge is 2.29. The molecule has 1 aromatic rings. The quantitative estimate of drug-likeness (QED) is 0.806. The molecule has 1 saturated carbocycles. The molecule has 2 rings (SSSR count). The summed E-state index contributed by atoms with van der Waals surface area (Å²) in [4.78, 5) is 19.4. The van der Waals surface area contributed by atoms with E-state index in [0.717, 1.165) is 35.0 Å². The van der Waals surface area contributed by atoms with Gasteiger partial charge in [-0.1, -0.05) is 13.3 Å². The van der Waals surface area contributed by atoms with E-state index in [-0.39, 0.29) is 5.91 Å². The Balaban J connectivity index is 2.07. The van der Waals surface area contributed by atoms with E-state index in [9.17, 15) is 4.79 Å². The predicted octanol–water partition coefficient (Wildman–Crippen LogP) is 3.20. The van der Waals surface area contributed by atoms with E-state index < -0.39 is 0 Å². The average Bonchev–Trinajstić information content (AvgIpc) is 3.09. The first kappa shape index (κ1) is 12.6. The zero-order chi connectivity index (χ0) is 12.4. The van der Waals surface area contributed by atoms with Crippen molar-refractivity contribution in [3.8, 4) is 0 Å². The fourth-order valence-corrected chi connectivity index (χ4v) is 3.02. The van der Waals surface area contributed by atoms with Gasteiger partial charge in [0.05, 0.1) is 10.7 Å². The lowest BCUT2D eigenvalue weighted by Gasteiger charge is -2.15. The molecule has 1 aliphatic carbocycles. The summed E-state index contributed by atoms with van der Waals surface area (Å²) in [5, 5.41) is 1.16. The molecular weight excluding hydrogens is 232 g/mol. The van der Waals surface area contributed by atoms with Crippen molar-refractivity contribution in [2.24, 2.45) is 0 Å². The third-order valence-corrected chi connectivity index (χ3v) is 4.44. The zero-order valence-corrected chi connectivity index (χ0v) is 11.6. The van der Waals surface area contributed by atoms with Crippen LogP contribution < -0.4 is 0 Å². The number of hydrogen-bond donors (Lipinski definition) is 0. The minimum Gasteiger partial charge on any atom is -0.341 e. The van der Waals surface area contributed by atoms with E-state index >= 15 is 0 Å². The van der Waals surface area contributed by atoms with Crippen LogP contribution >= 0.6 is 11.3 Å². The average molecular weight is 252 g/mol. The van der Waals surface area contributed by atoms with Gasteiger partial charge in [0.15, 0.2) is 0 Å². The van der Waals surface area contributed by atoms with Gasteiger partial charge < -0.3 is 4.90 Å². The highest BCUT2D eigenvalue weighted by atomic mass is 32.1. The Kier molecular flexibility index (Phi) is 3.82. The van der Waals surface area contributed by atoms with Crippen molar-refractivity contribution < 1.29 is 4.79 Å². The number of unbranched alkanes of at least 4 members (excludes halogenated alkanes) is 1. The van der Waals surface area contributed by atoms with Gasteiger partial charge >= 0.3 is 0 Å². The second-order valence-electron chi connectivity index (χ2n) is 4.82. The molecule has 0 N–H and O–H groups in total. The summed E-state index contributed by atoms with van der Waals surface area (Å²) in [6.45, 7) is 4.93. The molecule has 1 heterocycles. The smallest absolute Gasteiger partial charge is 0.265 e. The van der Waals surface area contributed by atoms with Gasteiger partial charge in [-0.05, 0) is 26.2 Å². The van der Waals surface area contributed by atoms with Crippen molar-refractivity contribution in [2.45, 2.75) is 45.4 Å². The van der Waals surface area contributed by atoms with Gasteiger partial charge in [-0.25, -0.2) is 4.98 Å².